The van der Waals surface area contributed by atoms with Crippen LogP contribution >= 0.6 is 0 Å². The fraction of sp³-hybridized carbons (Fsp3) is 0.500. The summed E-state index contributed by atoms with van der Waals surface area (Å²) in [5.74, 6) is -1.49. The van der Waals surface area contributed by atoms with Crippen LogP contribution in [0.25, 0.3) is 0 Å². The van der Waals surface area contributed by atoms with E-state index in [9.17, 15) is 13.2 Å². The Morgan fingerprint density at radius 3 is 2.35 bits per heavy atom. The van der Waals surface area contributed by atoms with Crippen molar-refractivity contribution in [3.8, 4) is 0 Å². The molecule has 2 nitrogen and oxygen atoms in total. The van der Waals surface area contributed by atoms with Crippen LogP contribution in [0, 0.1) is 12.8 Å². The topological polar surface area (TPSA) is 29.3 Å². The fourth-order valence-corrected chi connectivity index (χ4v) is 1.73. The summed E-state index contributed by atoms with van der Waals surface area (Å²) in [5.41, 5.74) is 6.93. The van der Waals surface area contributed by atoms with E-state index in [4.69, 9.17) is 5.73 Å². The maximum atomic E-state index is 12.6. The third-order valence-electron chi connectivity index (χ3n) is 2.77. The summed E-state index contributed by atoms with van der Waals surface area (Å²) in [7, 11) is 1.65. The molecule has 5 heteroatoms. The Balaban J connectivity index is 2.78. The molecular formula is C12H17F3N2. The number of anilines is 1. The molecule has 0 spiro atoms. The van der Waals surface area contributed by atoms with Crippen molar-refractivity contribution in [3.63, 3.8) is 0 Å². The summed E-state index contributed by atoms with van der Waals surface area (Å²) in [4.78, 5) is 1.60. The van der Waals surface area contributed by atoms with Gasteiger partial charge in [-0.15, -0.1) is 0 Å². The van der Waals surface area contributed by atoms with Crippen LogP contribution in [0.5, 0.6) is 0 Å². The minimum absolute atomic E-state index is 0.120. The van der Waals surface area contributed by atoms with Gasteiger partial charge in [0.1, 0.15) is 0 Å². The van der Waals surface area contributed by atoms with Gasteiger partial charge in [0.25, 0.3) is 0 Å². The third-order valence-corrected chi connectivity index (χ3v) is 2.77. The van der Waals surface area contributed by atoms with Crippen molar-refractivity contribution in [1.29, 1.82) is 0 Å². The number of alkyl halides is 3. The average molecular weight is 246 g/mol. The number of nitrogens with two attached hydrogens (primary N) is 1. The number of rotatable bonds is 4. The molecule has 0 fully saturated rings. The lowest BCUT2D eigenvalue weighted by atomic mass is 10.1. The van der Waals surface area contributed by atoms with E-state index in [1.54, 1.807) is 18.0 Å². The molecule has 0 saturated heterocycles. The molecular weight excluding hydrogens is 229 g/mol. The SMILES string of the molecule is Cc1ccccc1N(C)CC(CN)C(F)(F)F. The van der Waals surface area contributed by atoms with Crippen molar-refractivity contribution >= 4 is 5.69 Å². The second kappa shape index (κ2) is 5.40. The Labute approximate surface area is 99.2 Å². The van der Waals surface area contributed by atoms with Crippen LogP contribution in [0.2, 0.25) is 0 Å². The molecule has 0 bridgehead atoms. The molecule has 0 heterocycles. The first-order valence-corrected chi connectivity index (χ1v) is 5.39. The van der Waals surface area contributed by atoms with Crippen molar-refractivity contribution in [2.45, 2.75) is 13.1 Å². The Morgan fingerprint density at radius 1 is 1.29 bits per heavy atom. The number of nitrogens with zero attached hydrogens (tertiary/aromatic N) is 1. The molecule has 0 radical (unpaired) electrons. The van der Waals surface area contributed by atoms with Crippen LogP contribution in [-0.2, 0) is 0 Å². The zero-order chi connectivity index (χ0) is 13.1. The molecule has 0 aliphatic rings. The maximum absolute atomic E-state index is 12.6. The van der Waals surface area contributed by atoms with Crippen molar-refractivity contribution in [1.82, 2.24) is 0 Å². The van der Waals surface area contributed by atoms with Gasteiger partial charge in [-0.25, -0.2) is 0 Å². The highest BCUT2D eigenvalue weighted by Gasteiger charge is 2.39. The molecule has 1 aromatic rings. The Hall–Kier alpha value is -1.23. The fourth-order valence-electron chi connectivity index (χ4n) is 1.73. The Kier molecular flexibility index (Phi) is 4.40. The van der Waals surface area contributed by atoms with Crippen molar-refractivity contribution in [2.75, 3.05) is 25.0 Å². The zero-order valence-corrected chi connectivity index (χ0v) is 9.96. The lowest BCUT2D eigenvalue weighted by molar-refractivity contribution is -0.168. The summed E-state index contributed by atoms with van der Waals surface area (Å²) >= 11 is 0. The highest BCUT2D eigenvalue weighted by molar-refractivity contribution is 5.52. The van der Waals surface area contributed by atoms with Gasteiger partial charge in [0.2, 0.25) is 0 Å². The lowest BCUT2D eigenvalue weighted by Crippen LogP contribution is -2.39. The molecule has 0 aromatic heterocycles. The largest absolute Gasteiger partial charge is 0.394 e. The molecule has 1 unspecified atom stereocenters. The van der Waals surface area contributed by atoms with Crippen LogP contribution in [0.4, 0.5) is 18.9 Å². The van der Waals surface area contributed by atoms with Gasteiger partial charge < -0.3 is 10.6 Å². The molecule has 0 aliphatic heterocycles. The number of aryl methyl sites for hydroxylation is 1. The van der Waals surface area contributed by atoms with Crippen LogP contribution in [0.3, 0.4) is 0 Å². The number of hydrogen-bond donors (Lipinski definition) is 1. The predicted octanol–water partition coefficient (Wildman–Crippen LogP) is 2.57. The average Bonchev–Trinajstić information content (AvgIpc) is 2.24. The highest BCUT2D eigenvalue weighted by Crippen LogP contribution is 2.28. The van der Waals surface area contributed by atoms with Gasteiger partial charge in [-0.05, 0) is 18.6 Å². The number of halogens is 3. The molecule has 96 valence electrons. The molecule has 0 amide bonds. The van der Waals surface area contributed by atoms with Crippen LogP contribution < -0.4 is 10.6 Å². The normalized spacial score (nSPS) is 13.5. The molecule has 1 aromatic carbocycles. The van der Waals surface area contributed by atoms with Gasteiger partial charge in [0.05, 0.1) is 5.92 Å². The predicted molar refractivity (Wildman–Crippen MR) is 63.0 cm³/mol. The first kappa shape index (κ1) is 13.8. The second-order valence-corrected chi connectivity index (χ2v) is 4.14. The van der Waals surface area contributed by atoms with Gasteiger partial charge in [-0.2, -0.15) is 13.2 Å². The molecule has 2 N–H and O–H groups in total. The maximum Gasteiger partial charge on any atom is 0.394 e. The third kappa shape index (κ3) is 3.63. The van der Waals surface area contributed by atoms with E-state index in [2.05, 4.69) is 0 Å². The van der Waals surface area contributed by atoms with Gasteiger partial charge >= 0.3 is 6.18 Å². The second-order valence-electron chi connectivity index (χ2n) is 4.14. The molecule has 1 rings (SSSR count). The summed E-state index contributed by atoms with van der Waals surface area (Å²) in [6.45, 7) is 1.36. The van der Waals surface area contributed by atoms with Crippen LogP contribution in [0.15, 0.2) is 24.3 Å². The van der Waals surface area contributed by atoms with Gasteiger partial charge in [0, 0.05) is 25.8 Å². The van der Waals surface area contributed by atoms with Crippen LogP contribution in [-0.4, -0.2) is 26.3 Å². The number of hydrogen-bond acceptors (Lipinski definition) is 2. The molecule has 0 saturated carbocycles. The summed E-state index contributed by atoms with van der Waals surface area (Å²) in [6.07, 6.45) is -4.24. The van der Waals surface area contributed by atoms with E-state index in [0.29, 0.717) is 0 Å². The Bertz CT molecular complexity index is 363. The smallest absolute Gasteiger partial charge is 0.374 e. The van der Waals surface area contributed by atoms with Gasteiger partial charge in [-0.3, -0.25) is 0 Å². The first-order valence-electron chi connectivity index (χ1n) is 5.39. The Morgan fingerprint density at radius 2 is 1.88 bits per heavy atom. The number of para-hydroxylation sites is 1. The van der Waals surface area contributed by atoms with Gasteiger partial charge in [0.15, 0.2) is 0 Å². The van der Waals surface area contributed by atoms with E-state index in [1.807, 2.05) is 25.1 Å². The summed E-state index contributed by atoms with van der Waals surface area (Å²) in [5, 5.41) is 0. The van der Waals surface area contributed by atoms with Crippen molar-refractivity contribution < 1.29 is 13.2 Å². The molecule has 17 heavy (non-hydrogen) atoms. The quantitative estimate of drug-likeness (QED) is 0.884. The zero-order valence-electron chi connectivity index (χ0n) is 9.96. The lowest BCUT2D eigenvalue weighted by Gasteiger charge is -2.27. The standard InChI is InChI=1S/C12H17F3N2/c1-9-5-3-4-6-11(9)17(2)8-10(7-16)12(13,14)15/h3-6,10H,7-8,16H2,1-2H3. The minimum atomic E-state index is -4.24. The highest BCUT2D eigenvalue weighted by atomic mass is 19.4. The monoisotopic (exact) mass is 246 g/mol. The van der Waals surface area contributed by atoms with E-state index in [0.717, 1.165) is 11.3 Å². The van der Waals surface area contributed by atoms with Crippen molar-refractivity contribution in [2.24, 2.45) is 11.7 Å². The van der Waals surface area contributed by atoms with E-state index in [-0.39, 0.29) is 13.1 Å². The minimum Gasteiger partial charge on any atom is -0.374 e. The van der Waals surface area contributed by atoms with Crippen molar-refractivity contribution in [3.05, 3.63) is 29.8 Å². The van der Waals surface area contributed by atoms with E-state index in [1.165, 1.54) is 0 Å². The summed E-state index contributed by atoms with van der Waals surface area (Å²) < 4.78 is 37.8. The first-order chi connectivity index (χ1) is 7.86. The van der Waals surface area contributed by atoms with E-state index >= 15 is 0 Å². The summed E-state index contributed by atoms with van der Waals surface area (Å²) in [6, 6.07) is 7.34. The van der Waals surface area contributed by atoms with E-state index < -0.39 is 12.1 Å². The van der Waals surface area contributed by atoms with Gasteiger partial charge in [-0.1, -0.05) is 18.2 Å². The number of benzene rings is 1. The molecule has 0 aliphatic carbocycles. The van der Waals surface area contributed by atoms with Crippen LogP contribution in [0.1, 0.15) is 5.56 Å². The molecule has 1 atom stereocenters.